The lowest BCUT2D eigenvalue weighted by atomic mass is 9.96. The summed E-state index contributed by atoms with van der Waals surface area (Å²) in [4.78, 5) is 0. The Morgan fingerprint density at radius 2 is 2.07 bits per heavy atom. The first-order valence-corrected chi connectivity index (χ1v) is 5.03. The summed E-state index contributed by atoms with van der Waals surface area (Å²) < 4.78 is 0. The Morgan fingerprint density at radius 3 is 2.64 bits per heavy atom. The van der Waals surface area contributed by atoms with Crippen LogP contribution < -0.4 is 5.32 Å². The molecule has 78 valence electrons. The maximum absolute atomic E-state index is 9.97. The van der Waals surface area contributed by atoms with E-state index in [9.17, 15) is 5.11 Å². The van der Waals surface area contributed by atoms with Gasteiger partial charge < -0.3 is 10.4 Å². The fraction of sp³-hybridized carbons (Fsp3) is 0.455. The molecule has 1 unspecified atom stereocenters. The molecule has 0 aromatic heterocycles. The molecule has 0 amide bonds. The van der Waals surface area contributed by atoms with Crippen molar-refractivity contribution in [1.29, 1.82) is 0 Å². The fourth-order valence-corrected chi connectivity index (χ4v) is 1.70. The lowest BCUT2D eigenvalue weighted by Crippen LogP contribution is -2.38. The first kappa shape index (κ1) is 11.5. The molecule has 0 heterocycles. The predicted molar refractivity (Wildman–Crippen MR) is 59.7 cm³/mol. The lowest BCUT2D eigenvalue weighted by Gasteiger charge is -2.23. The van der Waals surface area contributed by atoms with Gasteiger partial charge in [0.1, 0.15) is 0 Å². The average molecular weight is 214 g/mol. The highest BCUT2D eigenvalue weighted by molar-refractivity contribution is 6.31. The molecule has 0 aliphatic rings. The van der Waals surface area contributed by atoms with Crippen LogP contribution in [-0.2, 0) is 6.42 Å². The number of halogens is 1. The zero-order valence-electron chi connectivity index (χ0n) is 8.55. The van der Waals surface area contributed by atoms with Gasteiger partial charge in [0.2, 0.25) is 0 Å². The van der Waals surface area contributed by atoms with Crippen LogP contribution in [0.1, 0.15) is 12.5 Å². The summed E-state index contributed by atoms with van der Waals surface area (Å²) in [7, 11) is 1.82. The quantitative estimate of drug-likeness (QED) is 0.800. The van der Waals surface area contributed by atoms with Gasteiger partial charge in [-0.3, -0.25) is 0 Å². The summed E-state index contributed by atoms with van der Waals surface area (Å²) in [6, 6.07) is 7.59. The number of nitrogens with one attached hydrogen (secondary N) is 1. The monoisotopic (exact) mass is 213 g/mol. The van der Waals surface area contributed by atoms with Gasteiger partial charge in [-0.05, 0) is 25.6 Å². The smallest absolute Gasteiger partial charge is 0.0784 e. The molecule has 0 saturated heterocycles. The van der Waals surface area contributed by atoms with Gasteiger partial charge >= 0.3 is 0 Å². The first-order valence-electron chi connectivity index (χ1n) is 4.65. The van der Waals surface area contributed by atoms with E-state index in [1.165, 1.54) is 0 Å². The number of likely N-dealkylation sites (N-methyl/N-ethyl adjacent to an activating group) is 1. The second kappa shape index (κ2) is 4.78. The Balaban J connectivity index is 2.73. The van der Waals surface area contributed by atoms with E-state index in [1.807, 2.05) is 31.3 Å². The molecule has 0 spiro atoms. The van der Waals surface area contributed by atoms with E-state index in [1.54, 1.807) is 6.92 Å². The number of hydrogen-bond donors (Lipinski definition) is 2. The van der Waals surface area contributed by atoms with Gasteiger partial charge in [0.25, 0.3) is 0 Å². The molecule has 2 nitrogen and oxygen atoms in total. The minimum absolute atomic E-state index is 0.554. The minimum Gasteiger partial charge on any atom is -0.389 e. The average Bonchev–Trinajstić information content (AvgIpc) is 2.08. The minimum atomic E-state index is -0.750. The van der Waals surface area contributed by atoms with Gasteiger partial charge in [0.05, 0.1) is 5.60 Å². The maximum Gasteiger partial charge on any atom is 0.0784 e. The molecule has 14 heavy (non-hydrogen) atoms. The Morgan fingerprint density at radius 1 is 1.43 bits per heavy atom. The van der Waals surface area contributed by atoms with Gasteiger partial charge in [-0.2, -0.15) is 0 Å². The van der Waals surface area contributed by atoms with E-state index in [4.69, 9.17) is 11.6 Å². The van der Waals surface area contributed by atoms with E-state index in [0.717, 1.165) is 5.56 Å². The fourth-order valence-electron chi connectivity index (χ4n) is 1.50. The molecule has 1 aromatic rings. The zero-order valence-corrected chi connectivity index (χ0v) is 9.30. The molecule has 0 saturated carbocycles. The summed E-state index contributed by atoms with van der Waals surface area (Å²) in [6.07, 6.45) is 0.563. The third kappa shape index (κ3) is 3.29. The predicted octanol–water partition coefficient (Wildman–Crippen LogP) is 1.85. The Kier molecular flexibility index (Phi) is 3.93. The third-order valence-corrected chi connectivity index (χ3v) is 2.46. The second-order valence-corrected chi connectivity index (χ2v) is 4.20. The summed E-state index contributed by atoms with van der Waals surface area (Å²) in [5.41, 5.74) is 0.231. The molecule has 0 bridgehead atoms. The molecule has 0 radical (unpaired) electrons. The zero-order chi connectivity index (χ0) is 10.6. The van der Waals surface area contributed by atoms with Crippen molar-refractivity contribution in [1.82, 2.24) is 5.32 Å². The van der Waals surface area contributed by atoms with Crippen molar-refractivity contribution in [2.24, 2.45) is 0 Å². The highest BCUT2D eigenvalue weighted by Crippen LogP contribution is 2.20. The highest BCUT2D eigenvalue weighted by atomic mass is 35.5. The number of rotatable bonds is 4. The number of aliphatic hydroxyl groups is 1. The van der Waals surface area contributed by atoms with Gasteiger partial charge in [-0.1, -0.05) is 29.8 Å². The summed E-state index contributed by atoms with van der Waals surface area (Å²) in [5, 5.41) is 13.6. The molecular formula is C11H16ClNO. The largest absolute Gasteiger partial charge is 0.389 e. The second-order valence-electron chi connectivity index (χ2n) is 3.80. The standard InChI is InChI=1S/C11H16ClNO/c1-11(14,8-13-2)7-9-5-3-4-6-10(9)12/h3-6,13-14H,7-8H2,1-2H3. The van der Waals surface area contributed by atoms with Gasteiger partial charge in [-0.25, -0.2) is 0 Å². The van der Waals surface area contributed by atoms with Crippen molar-refractivity contribution < 1.29 is 5.11 Å². The van der Waals surface area contributed by atoms with Crippen molar-refractivity contribution in [2.75, 3.05) is 13.6 Å². The van der Waals surface area contributed by atoms with E-state index in [0.29, 0.717) is 18.0 Å². The van der Waals surface area contributed by atoms with Crippen molar-refractivity contribution >= 4 is 11.6 Å². The Hall–Kier alpha value is -0.570. The van der Waals surface area contributed by atoms with Crippen molar-refractivity contribution in [3.05, 3.63) is 34.9 Å². The van der Waals surface area contributed by atoms with Crippen molar-refractivity contribution in [3.8, 4) is 0 Å². The normalized spacial score (nSPS) is 15.1. The van der Waals surface area contributed by atoms with Crippen LogP contribution >= 0.6 is 11.6 Å². The maximum atomic E-state index is 9.97. The van der Waals surface area contributed by atoms with Crippen LogP contribution in [0.4, 0.5) is 0 Å². The van der Waals surface area contributed by atoms with E-state index >= 15 is 0 Å². The van der Waals surface area contributed by atoms with Crippen LogP contribution in [0.5, 0.6) is 0 Å². The topological polar surface area (TPSA) is 32.3 Å². The molecule has 2 N–H and O–H groups in total. The highest BCUT2D eigenvalue weighted by Gasteiger charge is 2.20. The molecule has 0 fully saturated rings. The number of hydrogen-bond acceptors (Lipinski definition) is 2. The summed E-state index contributed by atoms with van der Waals surface area (Å²) >= 11 is 6.00. The third-order valence-electron chi connectivity index (χ3n) is 2.09. The van der Waals surface area contributed by atoms with Crippen LogP contribution in [0.25, 0.3) is 0 Å². The lowest BCUT2D eigenvalue weighted by molar-refractivity contribution is 0.0623. The van der Waals surface area contributed by atoms with Crippen LogP contribution in [0.2, 0.25) is 5.02 Å². The Bertz CT molecular complexity index is 299. The molecule has 1 rings (SSSR count). The Labute approximate surface area is 89.9 Å². The van der Waals surface area contributed by atoms with Crippen molar-refractivity contribution in [3.63, 3.8) is 0 Å². The summed E-state index contributed by atoms with van der Waals surface area (Å²) in [5.74, 6) is 0. The van der Waals surface area contributed by atoms with E-state index < -0.39 is 5.60 Å². The van der Waals surface area contributed by atoms with Gasteiger partial charge in [0, 0.05) is 18.0 Å². The molecule has 1 atom stereocenters. The SMILES string of the molecule is CNCC(C)(O)Cc1ccccc1Cl. The first-order chi connectivity index (χ1) is 6.55. The molecule has 0 aliphatic heterocycles. The molecular weight excluding hydrogens is 198 g/mol. The molecule has 0 aliphatic carbocycles. The number of benzene rings is 1. The summed E-state index contributed by atoms with van der Waals surface area (Å²) in [6.45, 7) is 2.35. The van der Waals surface area contributed by atoms with Crippen LogP contribution in [0.3, 0.4) is 0 Å². The van der Waals surface area contributed by atoms with E-state index in [-0.39, 0.29) is 0 Å². The van der Waals surface area contributed by atoms with Crippen LogP contribution in [0, 0.1) is 0 Å². The molecule has 3 heteroatoms. The van der Waals surface area contributed by atoms with Gasteiger partial charge in [0.15, 0.2) is 0 Å². The van der Waals surface area contributed by atoms with Crippen molar-refractivity contribution in [2.45, 2.75) is 18.9 Å². The molecule has 1 aromatic carbocycles. The van der Waals surface area contributed by atoms with Crippen LogP contribution in [0.15, 0.2) is 24.3 Å². The van der Waals surface area contributed by atoms with Gasteiger partial charge in [-0.15, -0.1) is 0 Å². The van der Waals surface area contributed by atoms with E-state index in [2.05, 4.69) is 5.32 Å². The van der Waals surface area contributed by atoms with Crippen LogP contribution in [-0.4, -0.2) is 24.3 Å².